The maximum atomic E-state index is 12.3. The summed E-state index contributed by atoms with van der Waals surface area (Å²) >= 11 is 0. The number of nitrogens with zero attached hydrogens (tertiary/aromatic N) is 1. The molecule has 1 spiro atoms. The average Bonchev–Trinajstić information content (AvgIpc) is 3.13. The van der Waals surface area contributed by atoms with Crippen LogP contribution in [0.3, 0.4) is 0 Å². The second-order valence-corrected chi connectivity index (χ2v) is 6.57. The quantitative estimate of drug-likeness (QED) is 0.843. The summed E-state index contributed by atoms with van der Waals surface area (Å²) in [5.74, 6) is 1.03. The van der Waals surface area contributed by atoms with Gasteiger partial charge in [-0.2, -0.15) is 0 Å². The van der Waals surface area contributed by atoms with Crippen LogP contribution in [0.25, 0.3) is 0 Å². The van der Waals surface area contributed by atoms with E-state index in [4.69, 9.17) is 10.5 Å². The van der Waals surface area contributed by atoms with E-state index in [1.807, 2.05) is 0 Å². The molecule has 4 nitrogen and oxygen atoms in total. The van der Waals surface area contributed by atoms with Crippen molar-refractivity contribution >= 4 is 5.91 Å². The smallest absolute Gasteiger partial charge is 0.225 e. The molecule has 0 bridgehead atoms. The summed E-state index contributed by atoms with van der Waals surface area (Å²) in [6.45, 7) is 3.52. The molecule has 0 radical (unpaired) electrons. The SMILES string of the molecule is NCC1CC12CCN(C(=O)CC1CCCCO1)CC2. The van der Waals surface area contributed by atoms with Crippen LogP contribution in [0.15, 0.2) is 0 Å². The summed E-state index contributed by atoms with van der Waals surface area (Å²) in [7, 11) is 0. The van der Waals surface area contributed by atoms with Crippen molar-refractivity contribution in [1.82, 2.24) is 4.90 Å². The minimum atomic E-state index is 0.176. The molecule has 2 unspecified atom stereocenters. The van der Waals surface area contributed by atoms with Crippen molar-refractivity contribution in [3.8, 4) is 0 Å². The van der Waals surface area contributed by atoms with Gasteiger partial charge in [0, 0.05) is 19.7 Å². The number of carbonyl (C=O) groups excluding carboxylic acids is 1. The number of likely N-dealkylation sites (tertiary alicyclic amines) is 1. The van der Waals surface area contributed by atoms with E-state index in [9.17, 15) is 4.79 Å². The van der Waals surface area contributed by atoms with Gasteiger partial charge in [0.2, 0.25) is 5.91 Å². The Morgan fingerprint density at radius 2 is 2.11 bits per heavy atom. The van der Waals surface area contributed by atoms with Crippen molar-refractivity contribution in [2.75, 3.05) is 26.2 Å². The van der Waals surface area contributed by atoms with E-state index in [2.05, 4.69) is 4.90 Å². The number of hydrogen-bond acceptors (Lipinski definition) is 3. The number of carbonyl (C=O) groups is 1. The molecule has 2 N–H and O–H groups in total. The first-order chi connectivity index (χ1) is 9.23. The van der Waals surface area contributed by atoms with Gasteiger partial charge in [-0.1, -0.05) is 0 Å². The summed E-state index contributed by atoms with van der Waals surface area (Å²) in [5, 5.41) is 0. The van der Waals surface area contributed by atoms with Crippen LogP contribution in [-0.4, -0.2) is 43.2 Å². The van der Waals surface area contributed by atoms with Crippen LogP contribution in [0.5, 0.6) is 0 Å². The molecule has 1 amide bonds. The molecule has 2 heterocycles. The fourth-order valence-electron chi connectivity index (χ4n) is 3.87. The van der Waals surface area contributed by atoms with Crippen LogP contribution >= 0.6 is 0 Å². The molecule has 0 aromatic carbocycles. The van der Waals surface area contributed by atoms with Crippen molar-refractivity contribution in [2.24, 2.45) is 17.1 Å². The van der Waals surface area contributed by atoms with Crippen LogP contribution in [0.2, 0.25) is 0 Å². The molecule has 1 saturated carbocycles. The Labute approximate surface area is 115 Å². The molecule has 2 aliphatic heterocycles. The topological polar surface area (TPSA) is 55.6 Å². The Morgan fingerprint density at radius 3 is 2.68 bits per heavy atom. The molecule has 1 aliphatic carbocycles. The van der Waals surface area contributed by atoms with Crippen LogP contribution in [0.4, 0.5) is 0 Å². The van der Waals surface area contributed by atoms with Gasteiger partial charge in [-0.25, -0.2) is 0 Å². The molecule has 19 heavy (non-hydrogen) atoms. The zero-order valence-corrected chi connectivity index (χ0v) is 11.8. The molecule has 2 atom stereocenters. The highest BCUT2D eigenvalue weighted by Crippen LogP contribution is 2.58. The zero-order valence-electron chi connectivity index (χ0n) is 11.8. The Morgan fingerprint density at radius 1 is 1.32 bits per heavy atom. The van der Waals surface area contributed by atoms with E-state index in [-0.39, 0.29) is 6.10 Å². The van der Waals surface area contributed by atoms with E-state index in [0.29, 0.717) is 17.7 Å². The van der Waals surface area contributed by atoms with Gasteiger partial charge in [-0.05, 0) is 56.4 Å². The van der Waals surface area contributed by atoms with Gasteiger partial charge in [0.05, 0.1) is 12.5 Å². The van der Waals surface area contributed by atoms with E-state index in [1.54, 1.807) is 0 Å². The fourth-order valence-corrected chi connectivity index (χ4v) is 3.87. The van der Waals surface area contributed by atoms with Gasteiger partial charge < -0.3 is 15.4 Å². The van der Waals surface area contributed by atoms with Crippen LogP contribution in [0, 0.1) is 11.3 Å². The normalized spacial score (nSPS) is 33.4. The number of hydrogen-bond donors (Lipinski definition) is 1. The maximum Gasteiger partial charge on any atom is 0.225 e. The Hall–Kier alpha value is -0.610. The molecular weight excluding hydrogens is 240 g/mol. The molecular formula is C15H26N2O2. The van der Waals surface area contributed by atoms with Crippen molar-refractivity contribution in [2.45, 2.75) is 51.0 Å². The van der Waals surface area contributed by atoms with Gasteiger partial charge in [0.15, 0.2) is 0 Å². The van der Waals surface area contributed by atoms with Crippen LogP contribution in [0.1, 0.15) is 44.9 Å². The molecule has 2 saturated heterocycles. The van der Waals surface area contributed by atoms with Gasteiger partial charge in [-0.3, -0.25) is 4.79 Å². The third-order valence-electron chi connectivity index (χ3n) is 5.43. The first-order valence-electron chi connectivity index (χ1n) is 7.83. The first-order valence-corrected chi connectivity index (χ1v) is 7.83. The summed E-state index contributed by atoms with van der Waals surface area (Å²) < 4.78 is 5.66. The predicted molar refractivity (Wildman–Crippen MR) is 73.6 cm³/mol. The monoisotopic (exact) mass is 266 g/mol. The molecule has 108 valence electrons. The van der Waals surface area contributed by atoms with Crippen molar-refractivity contribution in [3.63, 3.8) is 0 Å². The molecule has 0 aromatic heterocycles. The number of ether oxygens (including phenoxy) is 1. The predicted octanol–water partition coefficient (Wildman–Crippen LogP) is 1.53. The Bertz CT molecular complexity index is 331. The summed E-state index contributed by atoms with van der Waals surface area (Å²) in [6.07, 6.45) is 7.79. The summed E-state index contributed by atoms with van der Waals surface area (Å²) in [4.78, 5) is 14.3. The molecule has 3 fully saturated rings. The van der Waals surface area contributed by atoms with Crippen LogP contribution in [-0.2, 0) is 9.53 Å². The maximum absolute atomic E-state index is 12.3. The molecule has 0 aromatic rings. The van der Waals surface area contributed by atoms with E-state index in [0.717, 1.165) is 57.8 Å². The van der Waals surface area contributed by atoms with Crippen molar-refractivity contribution in [3.05, 3.63) is 0 Å². The standard InChI is InChI=1S/C15H26N2O2/c16-11-12-10-15(12)4-6-17(7-5-15)14(18)9-13-3-1-2-8-19-13/h12-13H,1-11,16H2. The van der Waals surface area contributed by atoms with Gasteiger partial charge in [-0.15, -0.1) is 0 Å². The molecule has 3 aliphatic rings. The number of rotatable bonds is 3. The van der Waals surface area contributed by atoms with Gasteiger partial charge in [0.25, 0.3) is 0 Å². The number of amides is 1. The third kappa shape index (κ3) is 2.79. The van der Waals surface area contributed by atoms with Gasteiger partial charge >= 0.3 is 0 Å². The second-order valence-electron chi connectivity index (χ2n) is 6.57. The fraction of sp³-hybridized carbons (Fsp3) is 0.933. The van der Waals surface area contributed by atoms with E-state index in [1.165, 1.54) is 12.8 Å². The second kappa shape index (κ2) is 5.41. The first kappa shape index (κ1) is 13.4. The van der Waals surface area contributed by atoms with Crippen molar-refractivity contribution < 1.29 is 9.53 Å². The lowest BCUT2D eigenvalue weighted by molar-refractivity contribution is -0.136. The minimum Gasteiger partial charge on any atom is -0.378 e. The van der Waals surface area contributed by atoms with E-state index < -0.39 is 0 Å². The highest BCUT2D eigenvalue weighted by atomic mass is 16.5. The number of nitrogens with two attached hydrogens (primary N) is 1. The Kier molecular flexibility index (Phi) is 3.81. The highest BCUT2D eigenvalue weighted by Gasteiger charge is 2.54. The highest BCUT2D eigenvalue weighted by molar-refractivity contribution is 5.76. The van der Waals surface area contributed by atoms with Gasteiger partial charge in [0.1, 0.15) is 0 Å². The summed E-state index contributed by atoms with van der Waals surface area (Å²) in [5.41, 5.74) is 6.27. The average molecular weight is 266 g/mol. The molecule has 3 rings (SSSR count). The largest absolute Gasteiger partial charge is 0.378 e. The minimum absolute atomic E-state index is 0.176. The van der Waals surface area contributed by atoms with Crippen molar-refractivity contribution in [1.29, 1.82) is 0 Å². The van der Waals surface area contributed by atoms with Crippen LogP contribution < -0.4 is 5.73 Å². The van der Waals surface area contributed by atoms with E-state index >= 15 is 0 Å². The summed E-state index contributed by atoms with van der Waals surface area (Å²) in [6, 6.07) is 0. The third-order valence-corrected chi connectivity index (χ3v) is 5.43. The number of piperidine rings is 1. The molecule has 4 heteroatoms. The lowest BCUT2D eigenvalue weighted by atomic mass is 9.90. The Balaban J connectivity index is 1.44. The zero-order chi connectivity index (χ0) is 13.3. The lowest BCUT2D eigenvalue weighted by Gasteiger charge is -2.34. The lowest BCUT2D eigenvalue weighted by Crippen LogP contribution is -2.41.